The van der Waals surface area contributed by atoms with Crippen molar-refractivity contribution < 1.29 is 28.5 Å². The van der Waals surface area contributed by atoms with Crippen molar-refractivity contribution >= 4 is 11.7 Å². The van der Waals surface area contributed by atoms with Gasteiger partial charge in [-0.3, -0.25) is 4.79 Å². The molecule has 2 N–H and O–H groups in total. The van der Waals surface area contributed by atoms with E-state index in [2.05, 4.69) is 43.4 Å². The number of carboxylic acids is 1. The van der Waals surface area contributed by atoms with Gasteiger partial charge in [0.1, 0.15) is 23.9 Å². The molecule has 1 unspecified atom stereocenters. The highest BCUT2D eigenvalue weighted by atomic mass is 19.1. The van der Waals surface area contributed by atoms with Gasteiger partial charge in [-0.2, -0.15) is 0 Å². The number of rotatable bonds is 10. The van der Waals surface area contributed by atoms with Crippen LogP contribution in [0.15, 0.2) is 48.5 Å². The molecule has 0 radical (unpaired) electrons. The zero-order chi connectivity index (χ0) is 25.7. The van der Waals surface area contributed by atoms with E-state index in [1.165, 1.54) is 6.07 Å². The normalized spacial score (nSPS) is 14.5. The second-order valence-electron chi connectivity index (χ2n) is 9.09. The molecule has 0 saturated carbocycles. The van der Waals surface area contributed by atoms with Crippen LogP contribution in [0.3, 0.4) is 0 Å². The molecule has 0 aliphatic carbocycles. The Hall–Kier alpha value is -3.58. The topological polar surface area (TPSA) is 77.0 Å². The van der Waals surface area contributed by atoms with Gasteiger partial charge in [-0.1, -0.05) is 18.2 Å². The first-order chi connectivity index (χ1) is 17.4. The van der Waals surface area contributed by atoms with Crippen molar-refractivity contribution in [2.45, 2.75) is 39.2 Å². The van der Waals surface area contributed by atoms with Crippen LogP contribution in [0.5, 0.6) is 11.5 Å². The molecule has 1 heterocycles. The molecule has 1 atom stereocenters. The molecule has 7 heteroatoms. The summed E-state index contributed by atoms with van der Waals surface area (Å²) in [6.07, 6.45) is 0.836. The Morgan fingerprint density at radius 3 is 2.64 bits per heavy atom. The zero-order valence-electron chi connectivity index (χ0n) is 20.9. The number of ether oxygens (including phenoxy) is 3. The van der Waals surface area contributed by atoms with Gasteiger partial charge in [-0.15, -0.1) is 0 Å². The summed E-state index contributed by atoms with van der Waals surface area (Å²) < 4.78 is 31.5. The molecule has 3 aromatic carbocycles. The number of aryl methyl sites for hydroxylation is 3. The summed E-state index contributed by atoms with van der Waals surface area (Å²) in [5.74, 6) is -0.00112. The van der Waals surface area contributed by atoms with Gasteiger partial charge in [-0.05, 0) is 77.9 Å². The number of anilines is 1. The third kappa shape index (κ3) is 5.97. The van der Waals surface area contributed by atoms with Crippen LogP contribution in [0.4, 0.5) is 10.1 Å². The fraction of sp³-hybridized carbons (Fsp3) is 0.345. The second kappa shape index (κ2) is 11.4. The van der Waals surface area contributed by atoms with Crippen LogP contribution in [0.1, 0.15) is 41.1 Å². The van der Waals surface area contributed by atoms with Crippen LogP contribution in [-0.4, -0.2) is 38.0 Å². The van der Waals surface area contributed by atoms with Crippen molar-refractivity contribution in [2.24, 2.45) is 0 Å². The maximum Gasteiger partial charge on any atom is 0.303 e. The van der Waals surface area contributed by atoms with E-state index in [-0.39, 0.29) is 18.9 Å². The number of hydrogen-bond donors (Lipinski definition) is 2. The first kappa shape index (κ1) is 25.5. The first-order valence-electron chi connectivity index (χ1n) is 12.1. The molecule has 0 bridgehead atoms. The molecule has 0 spiro atoms. The zero-order valence-corrected chi connectivity index (χ0v) is 20.9. The average molecular weight is 494 g/mol. The molecule has 1 aliphatic heterocycles. The Labute approximate surface area is 211 Å². The highest BCUT2D eigenvalue weighted by molar-refractivity contribution is 5.73. The lowest BCUT2D eigenvalue weighted by Gasteiger charge is -2.29. The van der Waals surface area contributed by atoms with Crippen LogP contribution >= 0.6 is 0 Å². The van der Waals surface area contributed by atoms with Gasteiger partial charge in [0.2, 0.25) is 0 Å². The highest BCUT2D eigenvalue weighted by Gasteiger charge is 2.23. The largest absolute Gasteiger partial charge is 0.493 e. The minimum atomic E-state index is -0.958. The van der Waals surface area contributed by atoms with E-state index >= 15 is 0 Å². The number of nitrogens with one attached hydrogen (secondary N) is 1. The second-order valence-corrected chi connectivity index (χ2v) is 9.09. The Morgan fingerprint density at radius 1 is 1.14 bits per heavy atom. The molecule has 0 saturated heterocycles. The molecule has 0 aromatic heterocycles. The number of carboxylic acid groups (broad SMARTS) is 1. The molecular weight excluding hydrogens is 461 g/mol. The van der Waals surface area contributed by atoms with Crippen LogP contribution in [0.2, 0.25) is 0 Å². The summed E-state index contributed by atoms with van der Waals surface area (Å²) in [6.45, 7) is 5.83. The Bertz CT molecular complexity index is 1220. The van der Waals surface area contributed by atoms with Gasteiger partial charge in [0.15, 0.2) is 0 Å². The van der Waals surface area contributed by atoms with Crippen molar-refractivity contribution in [1.29, 1.82) is 0 Å². The number of aliphatic carboxylic acids is 1. The molecule has 0 fully saturated rings. The van der Waals surface area contributed by atoms with E-state index < -0.39 is 11.8 Å². The third-order valence-electron chi connectivity index (χ3n) is 6.34. The number of carbonyl (C=O) groups is 1. The maximum atomic E-state index is 14.6. The van der Waals surface area contributed by atoms with Crippen LogP contribution in [0.25, 0.3) is 11.1 Å². The molecule has 36 heavy (non-hydrogen) atoms. The van der Waals surface area contributed by atoms with Gasteiger partial charge in [0, 0.05) is 32.6 Å². The number of fused-ring (bicyclic) bond motifs is 1. The quantitative estimate of drug-likeness (QED) is 0.333. The van der Waals surface area contributed by atoms with E-state index in [1.54, 1.807) is 13.2 Å². The number of benzene rings is 3. The molecular formula is C29H32FNO5. The Balaban J connectivity index is 1.52. The predicted molar refractivity (Wildman–Crippen MR) is 138 cm³/mol. The fourth-order valence-electron chi connectivity index (χ4n) is 4.61. The standard InChI is InChI=1S/C29H32FNO5/c1-18-12-23(35-11-5-10-34-3)13-19(2)29(18)22-7-4-6-21(14-22)26-17-36-27-15-20(8-9-28(32)33)24(30)16-25(27)31-26/h4,6-7,12-16,26,31H,5,8-11,17H2,1-3H3,(H,32,33). The molecule has 3 aromatic rings. The SMILES string of the molecule is COCCCOc1cc(C)c(-c2cccc(C3COc4cc(CCC(=O)O)c(F)cc4N3)c2)c(C)c1. The van der Waals surface area contributed by atoms with Crippen LogP contribution < -0.4 is 14.8 Å². The van der Waals surface area contributed by atoms with E-state index in [0.29, 0.717) is 36.8 Å². The lowest BCUT2D eigenvalue weighted by Crippen LogP contribution is -2.24. The smallest absolute Gasteiger partial charge is 0.303 e. The lowest BCUT2D eigenvalue weighted by atomic mass is 9.92. The summed E-state index contributed by atoms with van der Waals surface area (Å²) in [4.78, 5) is 10.8. The van der Waals surface area contributed by atoms with Crippen molar-refractivity contribution in [1.82, 2.24) is 0 Å². The van der Waals surface area contributed by atoms with E-state index in [4.69, 9.17) is 19.3 Å². The molecule has 1 aliphatic rings. The van der Waals surface area contributed by atoms with Gasteiger partial charge < -0.3 is 24.6 Å². The maximum absolute atomic E-state index is 14.6. The van der Waals surface area contributed by atoms with Gasteiger partial charge in [-0.25, -0.2) is 4.39 Å². The van der Waals surface area contributed by atoms with Crippen LogP contribution in [0, 0.1) is 19.7 Å². The molecule has 0 amide bonds. The van der Waals surface area contributed by atoms with E-state index in [9.17, 15) is 9.18 Å². The fourth-order valence-corrected chi connectivity index (χ4v) is 4.61. The highest BCUT2D eigenvalue weighted by Crippen LogP contribution is 2.38. The van der Waals surface area contributed by atoms with Gasteiger partial charge in [0.05, 0.1) is 18.3 Å². The van der Waals surface area contributed by atoms with E-state index in [1.807, 2.05) is 12.1 Å². The van der Waals surface area contributed by atoms with Crippen molar-refractivity contribution in [3.05, 3.63) is 76.6 Å². The summed E-state index contributed by atoms with van der Waals surface area (Å²) in [6, 6.07) is 15.2. The summed E-state index contributed by atoms with van der Waals surface area (Å²) in [5, 5.41) is 12.3. The number of halogens is 1. The summed E-state index contributed by atoms with van der Waals surface area (Å²) >= 11 is 0. The van der Waals surface area contributed by atoms with Crippen molar-refractivity contribution in [2.75, 3.05) is 32.2 Å². The Kier molecular flexibility index (Phi) is 8.10. The van der Waals surface area contributed by atoms with Gasteiger partial charge in [0.25, 0.3) is 0 Å². The average Bonchev–Trinajstić information content (AvgIpc) is 2.85. The predicted octanol–water partition coefficient (Wildman–Crippen LogP) is 6.09. The van der Waals surface area contributed by atoms with Gasteiger partial charge >= 0.3 is 5.97 Å². The molecule has 190 valence electrons. The summed E-state index contributed by atoms with van der Waals surface area (Å²) in [7, 11) is 1.68. The van der Waals surface area contributed by atoms with Crippen molar-refractivity contribution in [3.63, 3.8) is 0 Å². The summed E-state index contributed by atoms with van der Waals surface area (Å²) in [5.41, 5.74) is 6.45. The minimum Gasteiger partial charge on any atom is -0.493 e. The van der Waals surface area contributed by atoms with Crippen LogP contribution in [-0.2, 0) is 16.0 Å². The van der Waals surface area contributed by atoms with Crippen molar-refractivity contribution in [3.8, 4) is 22.6 Å². The number of methoxy groups -OCH3 is 1. The van der Waals surface area contributed by atoms with E-state index in [0.717, 1.165) is 40.0 Å². The number of hydrogen-bond acceptors (Lipinski definition) is 5. The molecule has 4 rings (SSSR count). The Morgan fingerprint density at radius 2 is 1.92 bits per heavy atom. The first-order valence-corrected chi connectivity index (χ1v) is 12.1. The molecule has 6 nitrogen and oxygen atoms in total. The lowest BCUT2D eigenvalue weighted by molar-refractivity contribution is -0.136. The monoisotopic (exact) mass is 493 g/mol. The minimum absolute atomic E-state index is 0.124. The third-order valence-corrected chi connectivity index (χ3v) is 6.34.